The second-order valence-electron chi connectivity index (χ2n) is 4.96. The summed E-state index contributed by atoms with van der Waals surface area (Å²) in [7, 11) is 0. The van der Waals surface area contributed by atoms with Crippen molar-refractivity contribution in [3.8, 4) is 0 Å². The first-order valence-corrected chi connectivity index (χ1v) is 6.82. The Bertz CT molecular complexity index is 416. The second kappa shape index (κ2) is 7.77. The zero-order valence-corrected chi connectivity index (χ0v) is 12.2. The van der Waals surface area contributed by atoms with Gasteiger partial charge in [0.15, 0.2) is 5.96 Å². The molecule has 0 heterocycles. The van der Waals surface area contributed by atoms with Crippen LogP contribution in [0.5, 0.6) is 0 Å². The van der Waals surface area contributed by atoms with Crippen molar-refractivity contribution in [1.82, 2.24) is 10.6 Å². The third-order valence-corrected chi connectivity index (χ3v) is 3.07. The van der Waals surface area contributed by atoms with Crippen LogP contribution >= 0.6 is 0 Å². The number of nitrogens with zero attached hydrogens (tertiary/aromatic N) is 1. The number of halogens is 1. The van der Waals surface area contributed by atoms with Crippen molar-refractivity contribution in [2.45, 2.75) is 40.3 Å². The molecular formula is C15H24FN3. The standard InChI is InChI=1S/C15H24FN3/c1-5-17-15(19-12(4)11(2)3)18-10-13-8-6-7-9-14(13)16/h6-9,11-12H,5,10H2,1-4H3,(H2,17,18,19). The Morgan fingerprint density at radius 1 is 1.26 bits per heavy atom. The summed E-state index contributed by atoms with van der Waals surface area (Å²) in [4.78, 5) is 4.42. The molecule has 0 fully saturated rings. The lowest BCUT2D eigenvalue weighted by molar-refractivity contribution is 0.481. The number of aliphatic imine (C=N–C) groups is 1. The lowest BCUT2D eigenvalue weighted by Gasteiger charge is -2.20. The fourth-order valence-electron chi connectivity index (χ4n) is 1.49. The summed E-state index contributed by atoms with van der Waals surface area (Å²) in [5.74, 6) is 1.03. The number of nitrogens with one attached hydrogen (secondary N) is 2. The zero-order valence-electron chi connectivity index (χ0n) is 12.2. The van der Waals surface area contributed by atoms with Crippen LogP contribution in [0, 0.1) is 11.7 Å². The topological polar surface area (TPSA) is 36.4 Å². The van der Waals surface area contributed by atoms with Gasteiger partial charge < -0.3 is 10.6 Å². The Labute approximate surface area is 115 Å². The lowest BCUT2D eigenvalue weighted by Crippen LogP contribution is -2.44. The van der Waals surface area contributed by atoms with Gasteiger partial charge in [-0.05, 0) is 25.8 Å². The van der Waals surface area contributed by atoms with Gasteiger partial charge in [0.1, 0.15) is 5.82 Å². The summed E-state index contributed by atoms with van der Waals surface area (Å²) in [5, 5.41) is 6.50. The molecule has 0 aliphatic heterocycles. The van der Waals surface area contributed by atoms with E-state index >= 15 is 0 Å². The highest BCUT2D eigenvalue weighted by atomic mass is 19.1. The average Bonchev–Trinajstić information content (AvgIpc) is 2.37. The molecular weight excluding hydrogens is 241 g/mol. The van der Waals surface area contributed by atoms with Crippen molar-refractivity contribution in [3.63, 3.8) is 0 Å². The number of hydrogen-bond donors (Lipinski definition) is 2. The number of hydrogen-bond acceptors (Lipinski definition) is 1. The van der Waals surface area contributed by atoms with E-state index in [1.165, 1.54) is 6.07 Å². The van der Waals surface area contributed by atoms with Gasteiger partial charge in [0.25, 0.3) is 0 Å². The van der Waals surface area contributed by atoms with Crippen LogP contribution in [0.1, 0.15) is 33.3 Å². The van der Waals surface area contributed by atoms with Gasteiger partial charge in [0.05, 0.1) is 6.54 Å². The molecule has 3 nitrogen and oxygen atoms in total. The van der Waals surface area contributed by atoms with E-state index in [2.05, 4.69) is 36.4 Å². The molecule has 0 aliphatic carbocycles. The minimum absolute atomic E-state index is 0.209. The molecule has 106 valence electrons. The molecule has 0 aliphatic rings. The Balaban J connectivity index is 2.70. The van der Waals surface area contributed by atoms with Gasteiger partial charge in [-0.2, -0.15) is 0 Å². The highest BCUT2D eigenvalue weighted by Crippen LogP contribution is 2.07. The summed E-state index contributed by atoms with van der Waals surface area (Å²) in [6, 6.07) is 7.05. The van der Waals surface area contributed by atoms with Gasteiger partial charge in [-0.25, -0.2) is 9.38 Å². The van der Waals surface area contributed by atoms with Crippen LogP contribution in [0.15, 0.2) is 29.3 Å². The summed E-state index contributed by atoms with van der Waals surface area (Å²) in [6.07, 6.45) is 0. The Morgan fingerprint density at radius 2 is 1.95 bits per heavy atom. The molecule has 0 bridgehead atoms. The molecule has 0 saturated carbocycles. The predicted molar refractivity (Wildman–Crippen MR) is 78.7 cm³/mol. The molecule has 1 rings (SSSR count). The largest absolute Gasteiger partial charge is 0.357 e. The summed E-state index contributed by atoms with van der Waals surface area (Å²) in [5.41, 5.74) is 0.608. The van der Waals surface area contributed by atoms with E-state index in [1.54, 1.807) is 12.1 Å². The number of benzene rings is 1. The van der Waals surface area contributed by atoms with Gasteiger partial charge in [0.2, 0.25) is 0 Å². The van der Waals surface area contributed by atoms with Crippen LogP contribution in [-0.2, 0) is 6.54 Å². The van der Waals surface area contributed by atoms with Crippen molar-refractivity contribution in [3.05, 3.63) is 35.6 Å². The lowest BCUT2D eigenvalue weighted by atomic mass is 10.1. The molecule has 0 spiro atoms. The average molecular weight is 265 g/mol. The van der Waals surface area contributed by atoms with E-state index in [4.69, 9.17) is 0 Å². The molecule has 1 atom stereocenters. The van der Waals surface area contributed by atoms with Gasteiger partial charge in [-0.15, -0.1) is 0 Å². The molecule has 2 N–H and O–H groups in total. The second-order valence-corrected chi connectivity index (χ2v) is 4.96. The van der Waals surface area contributed by atoms with Crippen molar-refractivity contribution in [1.29, 1.82) is 0 Å². The van der Waals surface area contributed by atoms with E-state index < -0.39 is 0 Å². The third-order valence-electron chi connectivity index (χ3n) is 3.07. The first-order valence-electron chi connectivity index (χ1n) is 6.82. The zero-order chi connectivity index (χ0) is 14.3. The first-order chi connectivity index (χ1) is 9.04. The Hall–Kier alpha value is -1.58. The monoisotopic (exact) mass is 265 g/mol. The Kier molecular flexibility index (Phi) is 6.33. The minimum atomic E-state index is -0.209. The van der Waals surface area contributed by atoms with E-state index in [0.29, 0.717) is 24.1 Å². The van der Waals surface area contributed by atoms with E-state index in [9.17, 15) is 4.39 Å². The molecule has 1 aromatic carbocycles. The molecule has 1 aromatic rings. The SMILES string of the molecule is CCNC(=NCc1ccccc1F)NC(C)C(C)C. The molecule has 0 amide bonds. The molecule has 0 saturated heterocycles. The number of rotatable bonds is 5. The normalized spacial score (nSPS) is 13.5. The van der Waals surface area contributed by atoms with E-state index in [1.807, 2.05) is 13.0 Å². The smallest absolute Gasteiger partial charge is 0.191 e. The molecule has 19 heavy (non-hydrogen) atoms. The highest BCUT2D eigenvalue weighted by molar-refractivity contribution is 5.80. The van der Waals surface area contributed by atoms with Crippen molar-refractivity contribution < 1.29 is 4.39 Å². The highest BCUT2D eigenvalue weighted by Gasteiger charge is 2.09. The van der Waals surface area contributed by atoms with Crippen molar-refractivity contribution >= 4 is 5.96 Å². The fraction of sp³-hybridized carbons (Fsp3) is 0.533. The first kappa shape index (κ1) is 15.5. The Morgan fingerprint density at radius 3 is 2.53 bits per heavy atom. The maximum atomic E-state index is 13.5. The van der Waals surface area contributed by atoms with Crippen LogP contribution in [0.3, 0.4) is 0 Å². The van der Waals surface area contributed by atoms with Crippen LogP contribution < -0.4 is 10.6 Å². The van der Waals surface area contributed by atoms with Crippen molar-refractivity contribution in [2.24, 2.45) is 10.9 Å². The van der Waals surface area contributed by atoms with E-state index in [0.717, 1.165) is 12.5 Å². The van der Waals surface area contributed by atoms with Crippen LogP contribution in [-0.4, -0.2) is 18.5 Å². The fourth-order valence-corrected chi connectivity index (χ4v) is 1.49. The molecule has 1 unspecified atom stereocenters. The predicted octanol–water partition coefficient (Wildman–Crippen LogP) is 2.93. The van der Waals surface area contributed by atoms with Gasteiger partial charge in [-0.3, -0.25) is 0 Å². The maximum absolute atomic E-state index is 13.5. The van der Waals surface area contributed by atoms with Crippen LogP contribution in [0.4, 0.5) is 4.39 Å². The van der Waals surface area contributed by atoms with E-state index in [-0.39, 0.29) is 5.82 Å². The summed E-state index contributed by atoms with van der Waals surface area (Å²) in [6.45, 7) is 9.55. The molecule has 0 aromatic heterocycles. The van der Waals surface area contributed by atoms with Gasteiger partial charge in [-0.1, -0.05) is 32.0 Å². The van der Waals surface area contributed by atoms with Gasteiger partial charge >= 0.3 is 0 Å². The van der Waals surface area contributed by atoms with Crippen LogP contribution in [0.2, 0.25) is 0 Å². The number of guanidine groups is 1. The van der Waals surface area contributed by atoms with Crippen molar-refractivity contribution in [2.75, 3.05) is 6.54 Å². The summed E-state index contributed by atoms with van der Waals surface area (Å²) >= 11 is 0. The molecule has 0 radical (unpaired) electrons. The quantitative estimate of drug-likeness (QED) is 0.634. The third kappa shape index (κ3) is 5.28. The van der Waals surface area contributed by atoms with Crippen LogP contribution in [0.25, 0.3) is 0 Å². The maximum Gasteiger partial charge on any atom is 0.191 e. The minimum Gasteiger partial charge on any atom is -0.357 e. The van der Waals surface area contributed by atoms with Gasteiger partial charge in [0, 0.05) is 18.2 Å². The molecule has 4 heteroatoms. The summed E-state index contributed by atoms with van der Waals surface area (Å²) < 4.78 is 13.5.